The van der Waals surface area contributed by atoms with Crippen LogP contribution in [0.4, 0.5) is 13.2 Å². The van der Waals surface area contributed by atoms with Gasteiger partial charge in [0, 0.05) is 37.9 Å². The Bertz CT molecular complexity index is 761. The highest BCUT2D eigenvalue weighted by molar-refractivity contribution is 5.83. The maximum Gasteiger partial charge on any atom is 0.490 e. The summed E-state index contributed by atoms with van der Waals surface area (Å²) in [4.78, 5) is 25.9. The lowest BCUT2D eigenvalue weighted by molar-refractivity contribution is -0.192. The van der Waals surface area contributed by atoms with Crippen molar-refractivity contribution in [3.05, 3.63) is 29.8 Å². The van der Waals surface area contributed by atoms with E-state index in [1.807, 2.05) is 29.2 Å². The van der Waals surface area contributed by atoms with Crippen molar-refractivity contribution < 1.29 is 37.3 Å². The van der Waals surface area contributed by atoms with Gasteiger partial charge in [0.2, 0.25) is 0 Å². The number of nitrogens with zero attached hydrogens (tertiary/aromatic N) is 2. The Kier molecular flexibility index (Phi) is 6.56. The van der Waals surface area contributed by atoms with Gasteiger partial charge in [0.1, 0.15) is 5.75 Å². The van der Waals surface area contributed by atoms with Crippen molar-refractivity contribution in [2.45, 2.75) is 24.8 Å². The largest absolute Gasteiger partial charge is 0.490 e. The monoisotopic (exact) mass is 430 g/mol. The topological polar surface area (TPSA) is 79.3 Å². The molecule has 0 radical (unpaired) electrons. The fraction of sp³-hybridized carbons (Fsp3) is 0.600. The average Bonchev–Trinajstić information content (AvgIpc) is 3.35. The molecule has 2 fully saturated rings. The zero-order chi connectivity index (χ0) is 22.1. The van der Waals surface area contributed by atoms with Crippen molar-refractivity contribution in [2.24, 2.45) is 11.8 Å². The number of benzene rings is 1. The molecule has 0 bridgehead atoms. The van der Waals surface area contributed by atoms with Crippen molar-refractivity contribution >= 4 is 11.9 Å². The van der Waals surface area contributed by atoms with Crippen LogP contribution in [0.25, 0.3) is 0 Å². The number of para-hydroxylation sites is 1. The number of fused-ring (bicyclic) bond motifs is 2. The molecule has 3 aliphatic heterocycles. The molecule has 3 heterocycles. The van der Waals surface area contributed by atoms with Gasteiger partial charge in [-0.25, -0.2) is 4.79 Å². The van der Waals surface area contributed by atoms with Crippen molar-refractivity contribution in [1.82, 2.24) is 9.80 Å². The molecule has 166 valence electrons. The number of carboxylic acids is 1. The Morgan fingerprint density at radius 3 is 2.50 bits per heavy atom. The second-order valence-corrected chi connectivity index (χ2v) is 8.02. The maximum absolute atomic E-state index is 12.8. The molecule has 0 aliphatic carbocycles. The number of carbonyl (C=O) groups excluding carboxylic acids is 1. The van der Waals surface area contributed by atoms with Crippen molar-refractivity contribution in [3.8, 4) is 5.75 Å². The molecule has 10 heteroatoms. The number of halogens is 3. The van der Waals surface area contributed by atoms with Crippen LogP contribution in [0.15, 0.2) is 24.3 Å². The number of hydrogen-bond acceptors (Lipinski definition) is 5. The third kappa shape index (κ3) is 5.04. The van der Waals surface area contributed by atoms with Gasteiger partial charge in [-0.3, -0.25) is 4.79 Å². The standard InChI is InChI=1S/C18H24N2O3.C2HF3O2/c1-19(2)8-13-11-22-17-10-20(9-14(13)17)18(21)16-7-12-5-3-4-6-15(12)23-16;3-2(4,5)1(6)7/h3-6,13-14,16-17H,7-11H2,1-2H3;(H,6,7)/t13-,14-,16?,17-;/m1./s1. The summed E-state index contributed by atoms with van der Waals surface area (Å²) in [6.07, 6.45) is -4.56. The molecule has 1 N–H and O–H groups in total. The predicted octanol–water partition coefficient (Wildman–Crippen LogP) is 1.66. The minimum absolute atomic E-state index is 0.114. The highest BCUT2D eigenvalue weighted by Crippen LogP contribution is 2.36. The third-order valence-electron chi connectivity index (χ3n) is 5.52. The first kappa shape index (κ1) is 22.4. The van der Waals surface area contributed by atoms with Gasteiger partial charge in [-0.15, -0.1) is 0 Å². The molecule has 4 atom stereocenters. The number of likely N-dealkylation sites (tertiary alicyclic amines) is 1. The first-order chi connectivity index (χ1) is 14.1. The number of rotatable bonds is 3. The molecule has 1 unspecified atom stereocenters. The summed E-state index contributed by atoms with van der Waals surface area (Å²) in [6.45, 7) is 3.36. The Hall–Kier alpha value is -2.33. The van der Waals surface area contributed by atoms with Gasteiger partial charge < -0.3 is 24.4 Å². The summed E-state index contributed by atoms with van der Waals surface area (Å²) in [6, 6.07) is 7.93. The summed E-state index contributed by atoms with van der Waals surface area (Å²) >= 11 is 0. The minimum Gasteiger partial charge on any atom is -0.480 e. The van der Waals surface area contributed by atoms with Crippen molar-refractivity contribution in [3.63, 3.8) is 0 Å². The summed E-state index contributed by atoms with van der Waals surface area (Å²) in [5, 5.41) is 7.12. The Balaban J connectivity index is 0.000000318. The van der Waals surface area contributed by atoms with E-state index in [2.05, 4.69) is 19.0 Å². The van der Waals surface area contributed by atoms with E-state index in [1.165, 1.54) is 0 Å². The predicted molar refractivity (Wildman–Crippen MR) is 100 cm³/mol. The number of hydrogen-bond donors (Lipinski definition) is 1. The Morgan fingerprint density at radius 1 is 1.23 bits per heavy atom. The Labute approximate surface area is 172 Å². The zero-order valence-corrected chi connectivity index (χ0v) is 16.8. The summed E-state index contributed by atoms with van der Waals surface area (Å²) < 4.78 is 43.5. The first-order valence-electron chi connectivity index (χ1n) is 9.66. The molecule has 4 rings (SSSR count). The number of amides is 1. The molecular weight excluding hydrogens is 405 g/mol. The first-order valence-corrected chi connectivity index (χ1v) is 9.66. The van der Waals surface area contributed by atoms with Gasteiger partial charge in [-0.1, -0.05) is 18.2 Å². The van der Waals surface area contributed by atoms with E-state index in [0.717, 1.165) is 31.0 Å². The summed E-state index contributed by atoms with van der Waals surface area (Å²) in [5.41, 5.74) is 1.13. The third-order valence-corrected chi connectivity index (χ3v) is 5.52. The zero-order valence-electron chi connectivity index (χ0n) is 16.8. The van der Waals surface area contributed by atoms with E-state index in [1.54, 1.807) is 0 Å². The van der Waals surface area contributed by atoms with E-state index in [-0.39, 0.29) is 18.1 Å². The van der Waals surface area contributed by atoms with Crippen LogP contribution in [0.2, 0.25) is 0 Å². The van der Waals surface area contributed by atoms with Crippen molar-refractivity contribution in [1.29, 1.82) is 0 Å². The lowest BCUT2D eigenvalue weighted by Gasteiger charge is -2.23. The van der Waals surface area contributed by atoms with E-state index in [0.29, 0.717) is 24.8 Å². The molecule has 0 aromatic heterocycles. The average molecular weight is 430 g/mol. The SMILES string of the molecule is CN(C)C[C@@H]1CO[C@@H]2CN(C(=O)C3Cc4ccccc4O3)C[C@H]12.O=C(O)C(F)(F)F. The molecule has 1 amide bonds. The molecule has 0 saturated carbocycles. The quantitative estimate of drug-likeness (QED) is 0.786. The molecule has 7 nitrogen and oxygen atoms in total. The van der Waals surface area contributed by atoms with Gasteiger partial charge in [0.05, 0.1) is 12.7 Å². The van der Waals surface area contributed by atoms with Crippen LogP contribution < -0.4 is 4.74 Å². The number of ether oxygens (including phenoxy) is 2. The highest BCUT2D eigenvalue weighted by atomic mass is 19.4. The molecule has 2 saturated heterocycles. The molecule has 1 aromatic carbocycles. The van der Waals surface area contributed by atoms with Crippen LogP contribution in [-0.2, 0) is 20.7 Å². The summed E-state index contributed by atoms with van der Waals surface area (Å²) in [5.74, 6) is -0.804. The van der Waals surface area contributed by atoms with Crippen LogP contribution in [0.3, 0.4) is 0 Å². The number of aliphatic carboxylic acids is 1. The molecule has 30 heavy (non-hydrogen) atoms. The van der Waals surface area contributed by atoms with Crippen LogP contribution >= 0.6 is 0 Å². The Morgan fingerprint density at radius 2 is 1.90 bits per heavy atom. The van der Waals surface area contributed by atoms with Crippen LogP contribution in [-0.4, -0.2) is 85.5 Å². The van der Waals surface area contributed by atoms with Crippen LogP contribution in [0.5, 0.6) is 5.75 Å². The fourth-order valence-electron chi connectivity index (χ4n) is 4.16. The van der Waals surface area contributed by atoms with Crippen molar-refractivity contribution in [2.75, 3.05) is 40.3 Å². The fourth-order valence-corrected chi connectivity index (χ4v) is 4.16. The van der Waals surface area contributed by atoms with E-state index in [9.17, 15) is 18.0 Å². The summed E-state index contributed by atoms with van der Waals surface area (Å²) in [7, 11) is 4.18. The van der Waals surface area contributed by atoms with E-state index in [4.69, 9.17) is 19.4 Å². The minimum atomic E-state index is -5.08. The number of carboxylic acid groups (broad SMARTS) is 1. The van der Waals surface area contributed by atoms with E-state index < -0.39 is 12.1 Å². The number of carbonyl (C=O) groups is 2. The smallest absolute Gasteiger partial charge is 0.480 e. The van der Waals surface area contributed by atoms with Gasteiger partial charge in [0.25, 0.3) is 5.91 Å². The second-order valence-electron chi connectivity index (χ2n) is 8.02. The van der Waals surface area contributed by atoms with E-state index >= 15 is 0 Å². The highest BCUT2D eigenvalue weighted by Gasteiger charge is 2.47. The lowest BCUT2D eigenvalue weighted by atomic mass is 9.93. The normalized spacial score (nSPS) is 27.2. The van der Waals surface area contributed by atoms with Crippen LogP contribution in [0.1, 0.15) is 5.56 Å². The molecule has 1 aromatic rings. The van der Waals surface area contributed by atoms with Crippen LogP contribution in [0, 0.1) is 11.8 Å². The second kappa shape index (κ2) is 8.81. The van der Waals surface area contributed by atoms with Gasteiger partial charge in [0.15, 0.2) is 6.10 Å². The lowest BCUT2D eigenvalue weighted by Crippen LogP contribution is -2.41. The van der Waals surface area contributed by atoms with Gasteiger partial charge in [-0.05, 0) is 25.7 Å². The van der Waals surface area contributed by atoms with Gasteiger partial charge >= 0.3 is 12.1 Å². The molecular formula is C20H25F3N2O5. The number of alkyl halides is 3. The molecule has 0 spiro atoms. The maximum atomic E-state index is 12.8. The van der Waals surface area contributed by atoms with Gasteiger partial charge in [-0.2, -0.15) is 13.2 Å². The molecule has 3 aliphatic rings.